The highest BCUT2D eigenvalue weighted by Crippen LogP contribution is 2.16. The van der Waals surface area contributed by atoms with Crippen molar-refractivity contribution in [3.63, 3.8) is 0 Å². The van der Waals surface area contributed by atoms with Gasteiger partial charge in [0, 0.05) is 19.3 Å². The highest BCUT2D eigenvalue weighted by atomic mass is 16.6. The summed E-state index contributed by atoms with van der Waals surface area (Å²) in [6.45, 7) is 6.37. The van der Waals surface area contributed by atoms with E-state index in [1.165, 1.54) is 128 Å². The molecule has 0 aromatic carbocycles. The van der Waals surface area contributed by atoms with Crippen molar-refractivity contribution < 1.29 is 28.6 Å². The fourth-order valence-electron chi connectivity index (χ4n) is 8.19. The number of rotatable bonds is 53. The standard InChI is InChI=1S/C65H110O6/c1-4-7-10-13-16-19-21-23-25-26-27-28-29-30-31-32-33-34-35-36-37-38-40-41-43-46-49-52-55-58-64(67)70-61-62(60-69-63(66)57-54-51-48-45-18-15-12-9-6-3)71-65(68)59-56-53-50-47-44-42-39-24-22-20-17-14-11-8-5-2/h7-8,10-11,16-17,19-20,23-25,27-28,39,44,47,62H,4-6,9,12-15,18,21-22,26,29-38,40-43,45-46,48-61H2,1-3H3/b10-7-,11-8-,19-16-,20-17-,25-23-,28-27-,39-24-,47-44-. The molecule has 6 nitrogen and oxygen atoms in total. The third kappa shape index (κ3) is 57.1. The van der Waals surface area contributed by atoms with Crippen LogP contribution in [0.4, 0.5) is 0 Å². The number of hydrogen-bond acceptors (Lipinski definition) is 6. The number of hydrogen-bond donors (Lipinski definition) is 0. The van der Waals surface area contributed by atoms with Crippen LogP contribution in [0.15, 0.2) is 97.2 Å². The van der Waals surface area contributed by atoms with Gasteiger partial charge in [-0.3, -0.25) is 14.4 Å². The lowest BCUT2D eigenvalue weighted by atomic mass is 10.0. The van der Waals surface area contributed by atoms with E-state index in [9.17, 15) is 14.4 Å². The molecule has 6 heteroatoms. The van der Waals surface area contributed by atoms with Crippen molar-refractivity contribution in [2.45, 2.75) is 284 Å². The summed E-state index contributed by atoms with van der Waals surface area (Å²) in [5.41, 5.74) is 0. The summed E-state index contributed by atoms with van der Waals surface area (Å²) in [5.74, 6) is -0.931. The van der Waals surface area contributed by atoms with Crippen LogP contribution in [0.2, 0.25) is 0 Å². The van der Waals surface area contributed by atoms with Gasteiger partial charge in [0.1, 0.15) is 13.2 Å². The molecule has 0 aromatic rings. The maximum atomic E-state index is 12.8. The minimum absolute atomic E-state index is 0.0914. The Hall–Kier alpha value is -3.67. The van der Waals surface area contributed by atoms with Crippen LogP contribution in [-0.4, -0.2) is 37.2 Å². The largest absolute Gasteiger partial charge is 0.462 e. The number of carbonyl (C=O) groups excluding carboxylic acids is 3. The Bertz CT molecular complexity index is 1410. The second kappa shape index (κ2) is 58.9. The van der Waals surface area contributed by atoms with Gasteiger partial charge in [0.15, 0.2) is 6.10 Å². The number of unbranched alkanes of at least 4 members (excludes halogenated alkanes) is 26. The molecule has 0 saturated carbocycles. The summed E-state index contributed by atoms with van der Waals surface area (Å²) in [6.07, 6.45) is 78.6. The smallest absolute Gasteiger partial charge is 0.306 e. The maximum Gasteiger partial charge on any atom is 0.306 e. The quantitative estimate of drug-likeness (QED) is 0.0261. The van der Waals surface area contributed by atoms with Gasteiger partial charge in [-0.25, -0.2) is 0 Å². The van der Waals surface area contributed by atoms with E-state index in [4.69, 9.17) is 14.2 Å². The molecule has 0 aliphatic rings. The van der Waals surface area contributed by atoms with E-state index in [2.05, 4.69) is 118 Å². The summed E-state index contributed by atoms with van der Waals surface area (Å²) >= 11 is 0. The minimum atomic E-state index is -0.796. The first-order valence-electron chi connectivity index (χ1n) is 29.7. The molecule has 0 aliphatic heterocycles. The Labute approximate surface area is 438 Å². The van der Waals surface area contributed by atoms with E-state index < -0.39 is 6.10 Å². The van der Waals surface area contributed by atoms with Gasteiger partial charge in [-0.05, 0) is 96.3 Å². The molecule has 0 bridgehead atoms. The molecule has 0 saturated heterocycles. The van der Waals surface area contributed by atoms with E-state index in [-0.39, 0.29) is 37.5 Å². The first kappa shape index (κ1) is 67.3. The number of ether oxygens (including phenoxy) is 3. The van der Waals surface area contributed by atoms with Crippen LogP contribution < -0.4 is 0 Å². The molecule has 0 aromatic heterocycles. The maximum absolute atomic E-state index is 12.8. The van der Waals surface area contributed by atoms with Gasteiger partial charge in [0.25, 0.3) is 0 Å². The average molecular weight is 988 g/mol. The molecule has 0 amide bonds. The summed E-state index contributed by atoms with van der Waals surface area (Å²) in [4.78, 5) is 38.0. The SMILES string of the molecule is CC/C=C\C/C=C\C/C=C\C/C=C\CCCCCCCCCCCCCCCCCCC(=O)OCC(COC(=O)CCCCCCCCCCC)OC(=O)CCCC/C=C\C/C=C\C/C=C\C/C=C\CC. The van der Waals surface area contributed by atoms with Crippen LogP contribution in [0.5, 0.6) is 0 Å². The van der Waals surface area contributed by atoms with Crippen molar-refractivity contribution in [2.75, 3.05) is 13.2 Å². The predicted molar refractivity (Wildman–Crippen MR) is 307 cm³/mol. The summed E-state index contributed by atoms with van der Waals surface area (Å²) in [5, 5.41) is 0. The van der Waals surface area contributed by atoms with E-state index in [0.29, 0.717) is 19.3 Å². The molecule has 0 rings (SSSR count). The highest BCUT2D eigenvalue weighted by molar-refractivity contribution is 5.71. The van der Waals surface area contributed by atoms with Crippen molar-refractivity contribution >= 4 is 17.9 Å². The molecule has 1 atom stereocenters. The van der Waals surface area contributed by atoms with Gasteiger partial charge < -0.3 is 14.2 Å². The first-order chi connectivity index (χ1) is 35.0. The van der Waals surface area contributed by atoms with E-state index in [1.807, 2.05) is 0 Å². The summed E-state index contributed by atoms with van der Waals surface area (Å²) in [6, 6.07) is 0. The van der Waals surface area contributed by atoms with Crippen LogP contribution in [-0.2, 0) is 28.6 Å². The molecule has 0 aliphatic carbocycles. The van der Waals surface area contributed by atoms with Gasteiger partial charge in [-0.2, -0.15) is 0 Å². The molecule has 71 heavy (non-hydrogen) atoms. The fraction of sp³-hybridized carbons (Fsp3) is 0.708. The van der Waals surface area contributed by atoms with Gasteiger partial charge >= 0.3 is 17.9 Å². The Morgan fingerprint density at radius 1 is 0.296 bits per heavy atom. The molecule has 0 heterocycles. The van der Waals surface area contributed by atoms with Crippen LogP contribution in [0.25, 0.3) is 0 Å². The number of carbonyl (C=O) groups is 3. The third-order valence-corrected chi connectivity index (χ3v) is 12.6. The van der Waals surface area contributed by atoms with Crippen LogP contribution in [0, 0.1) is 0 Å². The van der Waals surface area contributed by atoms with E-state index in [1.54, 1.807) is 0 Å². The predicted octanol–water partition coefficient (Wildman–Crippen LogP) is 20.1. The Balaban J connectivity index is 4.17. The second-order valence-corrected chi connectivity index (χ2v) is 19.5. The zero-order valence-corrected chi connectivity index (χ0v) is 46.5. The van der Waals surface area contributed by atoms with E-state index >= 15 is 0 Å². The zero-order chi connectivity index (χ0) is 51.4. The lowest BCUT2D eigenvalue weighted by molar-refractivity contribution is -0.167. The first-order valence-corrected chi connectivity index (χ1v) is 29.7. The zero-order valence-electron chi connectivity index (χ0n) is 46.5. The topological polar surface area (TPSA) is 78.9 Å². The second-order valence-electron chi connectivity index (χ2n) is 19.5. The third-order valence-electron chi connectivity index (χ3n) is 12.6. The molecule has 406 valence electrons. The lowest BCUT2D eigenvalue weighted by Gasteiger charge is -2.18. The number of esters is 3. The van der Waals surface area contributed by atoms with Crippen molar-refractivity contribution in [1.29, 1.82) is 0 Å². The Kier molecular flexibility index (Phi) is 55.9. The van der Waals surface area contributed by atoms with Gasteiger partial charge in [0.2, 0.25) is 0 Å². The Morgan fingerprint density at radius 2 is 0.549 bits per heavy atom. The van der Waals surface area contributed by atoms with Crippen LogP contribution >= 0.6 is 0 Å². The van der Waals surface area contributed by atoms with Gasteiger partial charge in [0.05, 0.1) is 0 Å². The van der Waals surface area contributed by atoms with Gasteiger partial charge in [-0.15, -0.1) is 0 Å². The van der Waals surface area contributed by atoms with Crippen LogP contribution in [0.3, 0.4) is 0 Å². The summed E-state index contributed by atoms with van der Waals surface area (Å²) in [7, 11) is 0. The number of allylic oxidation sites excluding steroid dienone is 16. The monoisotopic (exact) mass is 987 g/mol. The molecule has 0 N–H and O–H groups in total. The van der Waals surface area contributed by atoms with Crippen molar-refractivity contribution in [1.82, 2.24) is 0 Å². The van der Waals surface area contributed by atoms with Gasteiger partial charge in [-0.1, -0.05) is 259 Å². The highest BCUT2D eigenvalue weighted by Gasteiger charge is 2.19. The minimum Gasteiger partial charge on any atom is -0.462 e. The van der Waals surface area contributed by atoms with E-state index in [0.717, 1.165) is 103 Å². The lowest BCUT2D eigenvalue weighted by Crippen LogP contribution is -2.30. The Morgan fingerprint density at radius 3 is 0.887 bits per heavy atom. The van der Waals surface area contributed by atoms with Crippen molar-refractivity contribution in [3.05, 3.63) is 97.2 Å². The molecular weight excluding hydrogens is 877 g/mol. The average Bonchev–Trinajstić information content (AvgIpc) is 3.37. The summed E-state index contributed by atoms with van der Waals surface area (Å²) < 4.78 is 16.8. The molecule has 0 radical (unpaired) electrons. The van der Waals surface area contributed by atoms with Crippen molar-refractivity contribution in [3.8, 4) is 0 Å². The molecule has 1 unspecified atom stereocenters. The van der Waals surface area contributed by atoms with Crippen LogP contribution in [0.1, 0.15) is 278 Å². The molecule has 0 fully saturated rings. The normalized spacial score (nSPS) is 12.8. The molecular formula is C65H110O6. The molecule has 0 spiro atoms. The van der Waals surface area contributed by atoms with Crippen molar-refractivity contribution in [2.24, 2.45) is 0 Å². The fourth-order valence-corrected chi connectivity index (χ4v) is 8.19.